The summed E-state index contributed by atoms with van der Waals surface area (Å²) in [5.74, 6) is 0.00171. The van der Waals surface area contributed by atoms with E-state index in [1.54, 1.807) is 0 Å². The summed E-state index contributed by atoms with van der Waals surface area (Å²) in [6.45, 7) is 1.93. The second kappa shape index (κ2) is 2.41. The van der Waals surface area contributed by atoms with Gasteiger partial charge in [-0.2, -0.15) is 0 Å². The van der Waals surface area contributed by atoms with E-state index in [-0.39, 0.29) is 11.1 Å². The van der Waals surface area contributed by atoms with Crippen molar-refractivity contribution in [3.8, 4) is 0 Å². The maximum Gasteiger partial charge on any atom is 0.270 e. The first-order valence-electron chi connectivity index (χ1n) is 3.39. The van der Waals surface area contributed by atoms with Gasteiger partial charge in [0.05, 0.1) is 10.3 Å². The van der Waals surface area contributed by atoms with Crippen LogP contribution in [0.5, 0.6) is 0 Å². The summed E-state index contributed by atoms with van der Waals surface area (Å²) >= 11 is 1.46. The molecule has 0 aromatic carbocycles. The molecular formula is C6H6N4OS. The monoisotopic (exact) mass is 182 g/mol. The Morgan fingerprint density at radius 3 is 3.00 bits per heavy atom. The first-order chi connectivity index (χ1) is 5.68. The average molecular weight is 182 g/mol. The molecule has 2 rings (SSSR count). The summed E-state index contributed by atoms with van der Waals surface area (Å²) in [6, 6.07) is 0. The Bertz CT molecular complexity index is 343. The lowest BCUT2D eigenvalue weighted by Crippen LogP contribution is -2.12. The van der Waals surface area contributed by atoms with E-state index in [9.17, 15) is 4.79 Å². The second-order valence-electron chi connectivity index (χ2n) is 2.41. The molecule has 0 spiro atoms. The number of nitrogens with two attached hydrogens (primary N) is 1. The summed E-state index contributed by atoms with van der Waals surface area (Å²) in [7, 11) is 0. The zero-order valence-electron chi connectivity index (χ0n) is 6.31. The molecule has 2 aliphatic rings. The van der Waals surface area contributed by atoms with E-state index >= 15 is 0 Å². The van der Waals surface area contributed by atoms with E-state index in [1.807, 2.05) is 6.92 Å². The number of amides is 1. The molecule has 1 amide bonds. The number of primary amides is 1. The van der Waals surface area contributed by atoms with Gasteiger partial charge in [0.2, 0.25) is 0 Å². The molecule has 0 aromatic rings. The van der Waals surface area contributed by atoms with Crippen molar-refractivity contribution in [1.29, 1.82) is 0 Å². The molecule has 2 aliphatic heterocycles. The van der Waals surface area contributed by atoms with Gasteiger partial charge >= 0.3 is 0 Å². The van der Waals surface area contributed by atoms with Crippen molar-refractivity contribution >= 4 is 23.5 Å². The predicted molar refractivity (Wildman–Crippen MR) is 45.6 cm³/mol. The number of rotatable bonds is 1. The number of amidine groups is 1. The molecule has 0 saturated heterocycles. The number of hydrogen-bond acceptors (Lipinski definition) is 5. The van der Waals surface area contributed by atoms with Crippen molar-refractivity contribution < 1.29 is 4.79 Å². The second-order valence-corrected chi connectivity index (χ2v) is 3.74. The van der Waals surface area contributed by atoms with Crippen molar-refractivity contribution in [1.82, 2.24) is 0 Å². The Labute approximate surface area is 72.8 Å². The van der Waals surface area contributed by atoms with Crippen LogP contribution in [0.25, 0.3) is 0 Å². The standard InChI is InChI=1S/C6H6N4OS/c1-2-8-6-4(12-2)3(5(7)11)9-10-6/h2H,1H3,(H2,7,11). The number of fused-ring (bicyclic) bond motifs is 1. The Hall–Kier alpha value is -1.17. The van der Waals surface area contributed by atoms with Gasteiger partial charge in [-0.25, -0.2) is 4.99 Å². The number of azo groups is 1. The Balaban J connectivity index is 2.44. The highest BCUT2D eigenvalue weighted by molar-refractivity contribution is 8.05. The summed E-state index contributed by atoms with van der Waals surface area (Å²) in [6.07, 6.45) is 0. The van der Waals surface area contributed by atoms with E-state index in [0.717, 1.165) is 4.91 Å². The number of nitrogens with zero attached hydrogens (tertiary/aromatic N) is 3. The zero-order valence-corrected chi connectivity index (χ0v) is 7.13. The summed E-state index contributed by atoms with van der Waals surface area (Å²) in [5, 5.41) is 7.48. The molecule has 1 atom stereocenters. The predicted octanol–water partition coefficient (Wildman–Crippen LogP) is 0.640. The van der Waals surface area contributed by atoms with Crippen molar-refractivity contribution in [2.24, 2.45) is 21.0 Å². The molecule has 2 heterocycles. The van der Waals surface area contributed by atoms with Crippen molar-refractivity contribution in [3.63, 3.8) is 0 Å². The minimum Gasteiger partial charge on any atom is -0.364 e. The van der Waals surface area contributed by atoms with Gasteiger partial charge in [0, 0.05) is 0 Å². The van der Waals surface area contributed by atoms with Gasteiger partial charge in [-0.15, -0.1) is 10.2 Å². The van der Waals surface area contributed by atoms with Gasteiger partial charge in [0.1, 0.15) is 0 Å². The van der Waals surface area contributed by atoms with Gasteiger partial charge in [0.15, 0.2) is 11.5 Å². The van der Waals surface area contributed by atoms with Crippen LogP contribution in [-0.4, -0.2) is 17.1 Å². The molecule has 0 aliphatic carbocycles. The Morgan fingerprint density at radius 1 is 1.58 bits per heavy atom. The molecule has 0 radical (unpaired) electrons. The highest BCUT2D eigenvalue weighted by Crippen LogP contribution is 2.37. The third-order valence-electron chi connectivity index (χ3n) is 1.49. The number of carbonyl (C=O) groups excluding carboxylic acids is 1. The normalized spacial score (nSPS) is 26.1. The number of carbonyl (C=O) groups is 1. The minimum absolute atomic E-state index is 0.114. The third kappa shape index (κ3) is 0.953. The molecule has 0 saturated carbocycles. The van der Waals surface area contributed by atoms with E-state index in [0.29, 0.717) is 5.84 Å². The van der Waals surface area contributed by atoms with Crippen molar-refractivity contribution in [2.75, 3.05) is 0 Å². The van der Waals surface area contributed by atoms with Crippen LogP contribution in [0.15, 0.2) is 25.8 Å². The maximum atomic E-state index is 10.8. The fourth-order valence-electron chi connectivity index (χ4n) is 1.02. The van der Waals surface area contributed by atoms with Gasteiger partial charge < -0.3 is 5.73 Å². The molecular weight excluding hydrogens is 176 g/mol. The Kier molecular flexibility index (Phi) is 1.50. The molecule has 0 fully saturated rings. The molecule has 62 valence electrons. The SMILES string of the molecule is CC1N=C2N=NC(C(N)=O)=C2S1. The lowest BCUT2D eigenvalue weighted by atomic mass is 10.4. The van der Waals surface area contributed by atoms with Gasteiger partial charge in [-0.1, -0.05) is 11.8 Å². The minimum atomic E-state index is -0.541. The first-order valence-corrected chi connectivity index (χ1v) is 4.27. The molecule has 5 nitrogen and oxygen atoms in total. The van der Waals surface area contributed by atoms with E-state index < -0.39 is 5.91 Å². The van der Waals surface area contributed by atoms with E-state index in [2.05, 4.69) is 15.2 Å². The molecule has 1 unspecified atom stereocenters. The lowest BCUT2D eigenvalue weighted by molar-refractivity contribution is -0.114. The van der Waals surface area contributed by atoms with Gasteiger partial charge in [-0.05, 0) is 6.92 Å². The quantitative estimate of drug-likeness (QED) is 0.645. The van der Waals surface area contributed by atoms with Crippen LogP contribution in [0.3, 0.4) is 0 Å². The fraction of sp³-hybridized carbons (Fsp3) is 0.333. The fourth-order valence-corrected chi connectivity index (χ4v) is 1.96. The molecule has 2 N–H and O–H groups in total. The zero-order chi connectivity index (χ0) is 8.72. The van der Waals surface area contributed by atoms with Crippen LogP contribution in [-0.2, 0) is 4.79 Å². The van der Waals surface area contributed by atoms with E-state index in [1.165, 1.54) is 11.8 Å². The smallest absolute Gasteiger partial charge is 0.270 e. The van der Waals surface area contributed by atoms with Crippen LogP contribution < -0.4 is 5.73 Å². The summed E-state index contributed by atoms with van der Waals surface area (Å²) in [4.78, 5) is 15.6. The van der Waals surface area contributed by atoms with Crippen LogP contribution in [0, 0.1) is 0 Å². The van der Waals surface area contributed by atoms with E-state index in [4.69, 9.17) is 5.73 Å². The first kappa shape index (κ1) is 7.48. The molecule has 0 aromatic heterocycles. The van der Waals surface area contributed by atoms with Gasteiger partial charge in [-0.3, -0.25) is 4.79 Å². The Morgan fingerprint density at radius 2 is 2.33 bits per heavy atom. The highest BCUT2D eigenvalue weighted by Gasteiger charge is 2.30. The van der Waals surface area contributed by atoms with Crippen LogP contribution >= 0.6 is 11.8 Å². The molecule has 6 heteroatoms. The third-order valence-corrected chi connectivity index (χ3v) is 2.55. The maximum absolute atomic E-state index is 10.8. The van der Waals surface area contributed by atoms with Gasteiger partial charge in [0.25, 0.3) is 5.91 Å². The number of hydrogen-bond donors (Lipinski definition) is 1. The van der Waals surface area contributed by atoms with Crippen LogP contribution in [0.2, 0.25) is 0 Å². The average Bonchev–Trinajstić information content (AvgIpc) is 2.43. The number of aliphatic imine (C=N–C) groups is 1. The van der Waals surface area contributed by atoms with Crippen LogP contribution in [0.1, 0.15) is 6.92 Å². The lowest BCUT2D eigenvalue weighted by Gasteiger charge is -1.95. The van der Waals surface area contributed by atoms with Crippen molar-refractivity contribution in [2.45, 2.75) is 12.3 Å². The molecule has 0 bridgehead atoms. The molecule has 12 heavy (non-hydrogen) atoms. The summed E-state index contributed by atoms with van der Waals surface area (Å²) in [5.41, 5.74) is 5.32. The largest absolute Gasteiger partial charge is 0.364 e. The van der Waals surface area contributed by atoms with Crippen LogP contribution in [0.4, 0.5) is 0 Å². The summed E-state index contributed by atoms with van der Waals surface area (Å²) < 4.78 is 0. The highest BCUT2D eigenvalue weighted by atomic mass is 32.2. The van der Waals surface area contributed by atoms with Crippen molar-refractivity contribution in [3.05, 3.63) is 10.6 Å². The topological polar surface area (TPSA) is 80.2 Å². The number of thioether (sulfide) groups is 1.